The van der Waals surface area contributed by atoms with Crippen LogP contribution in [0.25, 0.3) is 22.3 Å². The van der Waals surface area contributed by atoms with Crippen LogP contribution in [0.2, 0.25) is 0 Å². The van der Waals surface area contributed by atoms with Gasteiger partial charge in [0.05, 0.1) is 19.3 Å². The fraction of sp³-hybridized carbons (Fsp3) is 0.471. The van der Waals surface area contributed by atoms with Crippen molar-refractivity contribution in [2.45, 2.75) is 90.1 Å². The van der Waals surface area contributed by atoms with Gasteiger partial charge in [0.25, 0.3) is 0 Å². The second kappa shape index (κ2) is 14.6. The molecule has 1 aliphatic rings. The Morgan fingerprint density at radius 2 is 1.46 bits per heavy atom. The summed E-state index contributed by atoms with van der Waals surface area (Å²) >= 11 is 0. The van der Waals surface area contributed by atoms with Gasteiger partial charge in [-0.15, -0.1) is 0 Å². The van der Waals surface area contributed by atoms with Crippen LogP contribution in [0.5, 0.6) is 5.75 Å². The first-order valence-electron chi connectivity index (χ1n) is 14.6. The molecule has 4 rings (SSSR count). The van der Waals surface area contributed by atoms with Crippen LogP contribution in [0.4, 0.5) is 13.2 Å². The van der Waals surface area contributed by atoms with Crippen molar-refractivity contribution in [1.82, 2.24) is 0 Å². The second-order valence-corrected chi connectivity index (χ2v) is 10.7. The predicted molar refractivity (Wildman–Crippen MR) is 153 cm³/mol. The standard InChI is InChI=1S/C34H41F3O2/c1-3-5-6-7-8-9-21-38-32-20-19-30(33(36)34(32)37)25-13-11-24(12-14-25)26-16-18-29(31(35)22-26)27-15-17-28(10-4-2)39-23-27/h11-14,16,18-20,22,27-28H,3-10,15,17,21,23H2,1-2H3. The highest BCUT2D eigenvalue weighted by Gasteiger charge is 2.24. The first-order valence-corrected chi connectivity index (χ1v) is 14.6. The van der Waals surface area contributed by atoms with Gasteiger partial charge in [0, 0.05) is 11.5 Å². The number of unbranched alkanes of at least 4 members (excludes halogenated alkanes) is 5. The van der Waals surface area contributed by atoms with E-state index in [0.29, 0.717) is 30.4 Å². The summed E-state index contributed by atoms with van der Waals surface area (Å²) in [5, 5.41) is 0. The Bertz CT molecular complexity index is 1180. The van der Waals surface area contributed by atoms with E-state index in [1.807, 2.05) is 24.3 Å². The molecule has 0 aliphatic carbocycles. The number of halogens is 3. The van der Waals surface area contributed by atoms with Crippen LogP contribution in [-0.2, 0) is 4.74 Å². The zero-order valence-electron chi connectivity index (χ0n) is 23.3. The summed E-state index contributed by atoms with van der Waals surface area (Å²) in [5.41, 5.74) is 2.98. The first kappa shape index (κ1) is 29.2. The van der Waals surface area contributed by atoms with Crippen LogP contribution in [0.15, 0.2) is 54.6 Å². The molecule has 0 aromatic heterocycles. The predicted octanol–water partition coefficient (Wildman–Crippen LogP) is 10.2. The zero-order chi connectivity index (χ0) is 27.6. The van der Waals surface area contributed by atoms with Crippen LogP contribution in [0.3, 0.4) is 0 Å². The Balaban J connectivity index is 1.38. The lowest BCUT2D eigenvalue weighted by Crippen LogP contribution is -2.25. The van der Waals surface area contributed by atoms with E-state index in [0.717, 1.165) is 56.1 Å². The first-order chi connectivity index (χ1) is 19.0. The molecule has 3 aromatic rings. The fourth-order valence-corrected chi connectivity index (χ4v) is 5.41. The van der Waals surface area contributed by atoms with Crippen LogP contribution >= 0.6 is 0 Å². The molecule has 1 fully saturated rings. The monoisotopic (exact) mass is 538 g/mol. The summed E-state index contributed by atoms with van der Waals surface area (Å²) in [6.45, 7) is 5.26. The normalized spacial score (nSPS) is 17.4. The van der Waals surface area contributed by atoms with Gasteiger partial charge in [0.2, 0.25) is 5.82 Å². The van der Waals surface area contributed by atoms with Crippen molar-refractivity contribution >= 4 is 0 Å². The minimum absolute atomic E-state index is 0.0544. The van der Waals surface area contributed by atoms with E-state index in [2.05, 4.69) is 13.8 Å². The summed E-state index contributed by atoms with van der Waals surface area (Å²) in [6, 6.07) is 15.5. The molecule has 0 radical (unpaired) electrons. The van der Waals surface area contributed by atoms with E-state index in [4.69, 9.17) is 9.47 Å². The lowest BCUT2D eigenvalue weighted by atomic mass is 9.89. The van der Waals surface area contributed by atoms with Crippen LogP contribution < -0.4 is 4.74 Å². The second-order valence-electron chi connectivity index (χ2n) is 10.7. The molecule has 210 valence electrons. The van der Waals surface area contributed by atoms with E-state index < -0.39 is 11.6 Å². The lowest BCUT2D eigenvalue weighted by Gasteiger charge is -2.29. The quantitative estimate of drug-likeness (QED) is 0.202. The van der Waals surface area contributed by atoms with E-state index in [1.165, 1.54) is 25.3 Å². The summed E-state index contributed by atoms with van der Waals surface area (Å²) in [7, 11) is 0. The van der Waals surface area contributed by atoms with Crippen molar-refractivity contribution in [1.29, 1.82) is 0 Å². The third kappa shape index (κ3) is 7.66. The van der Waals surface area contributed by atoms with E-state index in [9.17, 15) is 8.78 Å². The van der Waals surface area contributed by atoms with Crippen molar-refractivity contribution in [3.05, 3.63) is 77.6 Å². The molecular weight excluding hydrogens is 497 g/mol. The largest absolute Gasteiger partial charge is 0.490 e. The molecule has 1 heterocycles. The molecule has 3 aromatic carbocycles. The highest BCUT2D eigenvalue weighted by atomic mass is 19.2. The van der Waals surface area contributed by atoms with E-state index in [1.54, 1.807) is 24.3 Å². The van der Waals surface area contributed by atoms with Crippen molar-refractivity contribution in [3.8, 4) is 28.0 Å². The van der Waals surface area contributed by atoms with Gasteiger partial charge in [-0.25, -0.2) is 8.78 Å². The maximum absolute atomic E-state index is 15.1. The average Bonchev–Trinajstić information content (AvgIpc) is 2.95. The van der Waals surface area contributed by atoms with Gasteiger partial charge in [0.1, 0.15) is 5.82 Å². The van der Waals surface area contributed by atoms with Crippen LogP contribution in [-0.4, -0.2) is 19.3 Å². The smallest absolute Gasteiger partial charge is 0.201 e. The van der Waals surface area contributed by atoms with Gasteiger partial charge in [0.15, 0.2) is 11.6 Å². The number of ether oxygens (including phenoxy) is 2. The van der Waals surface area contributed by atoms with Crippen molar-refractivity contribution in [2.24, 2.45) is 0 Å². The third-order valence-electron chi connectivity index (χ3n) is 7.75. The molecule has 0 amide bonds. The summed E-state index contributed by atoms with van der Waals surface area (Å²) < 4.78 is 56.2. The molecule has 0 bridgehead atoms. The molecule has 1 saturated heterocycles. The Kier molecular flexibility index (Phi) is 10.9. The molecule has 39 heavy (non-hydrogen) atoms. The lowest BCUT2D eigenvalue weighted by molar-refractivity contribution is -0.00172. The molecule has 0 saturated carbocycles. The molecule has 2 atom stereocenters. The highest BCUT2D eigenvalue weighted by molar-refractivity contribution is 5.71. The minimum atomic E-state index is -0.965. The van der Waals surface area contributed by atoms with Crippen molar-refractivity contribution < 1.29 is 22.6 Å². The topological polar surface area (TPSA) is 18.5 Å². The van der Waals surface area contributed by atoms with Crippen LogP contribution in [0, 0.1) is 17.5 Å². The number of benzene rings is 3. The van der Waals surface area contributed by atoms with Crippen molar-refractivity contribution in [3.63, 3.8) is 0 Å². The molecule has 5 heteroatoms. The molecule has 0 spiro atoms. The highest BCUT2D eigenvalue weighted by Crippen LogP contribution is 2.35. The molecule has 2 unspecified atom stereocenters. The van der Waals surface area contributed by atoms with Gasteiger partial charge in [-0.2, -0.15) is 4.39 Å². The van der Waals surface area contributed by atoms with Gasteiger partial charge < -0.3 is 9.47 Å². The summed E-state index contributed by atoms with van der Waals surface area (Å²) in [5.74, 6) is -2.10. The summed E-state index contributed by atoms with van der Waals surface area (Å²) in [6.07, 6.45) is 10.9. The molecule has 1 aliphatic heterocycles. The van der Waals surface area contributed by atoms with Gasteiger partial charge in [-0.1, -0.05) is 88.8 Å². The Morgan fingerprint density at radius 3 is 2.15 bits per heavy atom. The van der Waals surface area contributed by atoms with E-state index in [-0.39, 0.29) is 23.0 Å². The maximum atomic E-state index is 15.1. The van der Waals surface area contributed by atoms with Gasteiger partial charge in [-0.05, 0) is 66.1 Å². The zero-order valence-corrected chi connectivity index (χ0v) is 23.3. The Hall–Kier alpha value is -2.79. The van der Waals surface area contributed by atoms with Crippen LogP contribution in [0.1, 0.15) is 89.5 Å². The van der Waals surface area contributed by atoms with E-state index >= 15 is 4.39 Å². The third-order valence-corrected chi connectivity index (χ3v) is 7.75. The SMILES string of the molecule is CCCCCCCCOc1ccc(-c2ccc(-c3ccc(C4CCC(CCC)OC4)c(F)c3)cc2)c(F)c1F. The molecular formula is C34H41F3O2. The molecule has 0 N–H and O–H groups in total. The summed E-state index contributed by atoms with van der Waals surface area (Å²) in [4.78, 5) is 0. The minimum Gasteiger partial charge on any atom is -0.490 e. The van der Waals surface area contributed by atoms with Crippen molar-refractivity contribution in [2.75, 3.05) is 13.2 Å². The fourth-order valence-electron chi connectivity index (χ4n) is 5.41. The molecule has 2 nitrogen and oxygen atoms in total. The maximum Gasteiger partial charge on any atom is 0.201 e. The average molecular weight is 539 g/mol. The Labute approximate surface area is 231 Å². The van der Waals surface area contributed by atoms with Gasteiger partial charge in [-0.3, -0.25) is 0 Å². The number of hydrogen-bond donors (Lipinski definition) is 0. The number of hydrogen-bond acceptors (Lipinski definition) is 2. The number of rotatable bonds is 13. The Morgan fingerprint density at radius 1 is 0.744 bits per heavy atom. The van der Waals surface area contributed by atoms with Gasteiger partial charge >= 0.3 is 0 Å².